The van der Waals surface area contributed by atoms with Crippen LogP contribution in [0.5, 0.6) is 17.2 Å². The number of halogens is 1. The van der Waals surface area contributed by atoms with Crippen LogP contribution in [-0.4, -0.2) is 34.9 Å². The molecule has 180 valence electrons. The lowest BCUT2D eigenvalue weighted by Gasteiger charge is -2.30. The Morgan fingerprint density at radius 3 is 2.86 bits per heavy atom. The first kappa shape index (κ1) is 23.1. The Balaban J connectivity index is 1.30. The van der Waals surface area contributed by atoms with E-state index in [4.69, 9.17) is 14.2 Å². The van der Waals surface area contributed by atoms with E-state index in [1.165, 1.54) is 30.6 Å². The van der Waals surface area contributed by atoms with Crippen LogP contribution in [0.15, 0.2) is 54.6 Å². The van der Waals surface area contributed by atoms with Crippen LogP contribution in [0.25, 0.3) is 10.2 Å². The summed E-state index contributed by atoms with van der Waals surface area (Å²) in [5.41, 5.74) is 2.04. The predicted octanol–water partition coefficient (Wildman–Crippen LogP) is 5.01. The third-order valence-corrected chi connectivity index (χ3v) is 6.96. The number of rotatable bonds is 7. The van der Waals surface area contributed by atoms with E-state index in [-0.39, 0.29) is 29.7 Å². The number of carboxylic acid groups (broad SMARTS) is 1. The first-order valence-electron chi connectivity index (χ1n) is 10.9. The fraction of sp³-hybridized carbons (Fsp3) is 0.231. The van der Waals surface area contributed by atoms with E-state index in [0.717, 1.165) is 10.3 Å². The number of nitrogens with zero attached hydrogens (tertiary/aromatic N) is 1. The van der Waals surface area contributed by atoms with Crippen molar-refractivity contribution >= 4 is 27.5 Å². The van der Waals surface area contributed by atoms with Crippen molar-refractivity contribution in [3.8, 4) is 17.2 Å². The highest BCUT2D eigenvalue weighted by Gasteiger charge is 2.30. The summed E-state index contributed by atoms with van der Waals surface area (Å²) in [6.07, 6.45) is -0.388. The topological polar surface area (TPSA) is 98.1 Å². The first-order valence-corrected chi connectivity index (χ1v) is 11.8. The van der Waals surface area contributed by atoms with Gasteiger partial charge in [-0.3, -0.25) is 0 Å². The Morgan fingerprint density at radius 1 is 1.20 bits per heavy atom. The molecule has 35 heavy (non-hydrogen) atoms. The molecule has 0 amide bonds. The average molecular weight is 496 g/mol. The van der Waals surface area contributed by atoms with Gasteiger partial charge < -0.3 is 24.4 Å². The maximum absolute atomic E-state index is 13.4. The predicted molar refractivity (Wildman–Crippen MR) is 128 cm³/mol. The molecule has 1 aliphatic heterocycles. The Morgan fingerprint density at radius 2 is 2.06 bits per heavy atom. The molecule has 0 spiro atoms. The number of hydrogen-bond donors (Lipinski definition) is 2. The van der Waals surface area contributed by atoms with E-state index in [1.54, 1.807) is 42.5 Å². The maximum atomic E-state index is 13.4. The van der Waals surface area contributed by atoms with E-state index < -0.39 is 12.1 Å². The van der Waals surface area contributed by atoms with Crippen LogP contribution in [0.1, 0.15) is 32.6 Å². The number of aliphatic hydroxyl groups is 1. The van der Waals surface area contributed by atoms with Gasteiger partial charge in [0.05, 0.1) is 30.0 Å². The summed E-state index contributed by atoms with van der Waals surface area (Å²) in [5.74, 6) is -0.261. The summed E-state index contributed by atoms with van der Waals surface area (Å²) in [7, 11) is 1.42. The van der Waals surface area contributed by atoms with Crippen LogP contribution in [0.3, 0.4) is 0 Å². The molecule has 9 heteroatoms. The van der Waals surface area contributed by atoms with Gasteiger partial charge in [0.15, 0.2) is 0 Å². The number of fused-ring (bicyclic) bond motifs is 2. The second-order valence-electron chi connectivity index (χ2n) is 8.27. The molecule has 7 nitrogen and oxygen atoms in total. The molecule has 0 fully saturated rings. The minimum atomic E-state index is -1.07. The van der Waals surface area contributed by atoms with Gasteiger partial charge in [0.2, 0.25) is 0 Å². The molecular weight excluding hydrogens is 473 g/mol. The molecule has 5 rings (SSSR count). The lowest BCUT2D eigenvalue weighted by Crippen LogP contribution is -2.27. The van der Waals surface area contributed by atoms with Crippen LogP contribution in [0.4, 0.5) is 4.39 Å². The van der Waals surface area contributed by atoms with Crippen LogP contribution in [-0.2, 0) is 13.0 Å². The van der Waals surface area contributed by atoms with Crippen molar-refractivity contribution in [3.63, 3.8) is 0 Å². The van der Waals surface area contributed by atoms with E-state index >= 15 is 0 Å². The molecule has 0 bridgehead atoms. The molecule has 0 aliphatic carbocycles. The number of benzene rings is 3. The van der Waals surface area contributed by atoms with Gasteiger partial charge in [0, 0.05) is 17.5 Å². The van der Waals surface area contributed by atoms with Crippen molar-refractivity contribution in [2.75, 3.05) is 13.7 Å². The Bertz CT molecular complexity index is 1400. The Labute approximate surface area is 204 Å². The number of aromatic carboxylic acids is 1. The number of thiazole rings is 1. The largest absolute Gasteiger partial charge is 0.496 e. The number of carbonyl (C=O) groups is 1. The third kappa shape index (κ3) is 4.78. The third-order valence-electron chi connectivity index (χ3n) is 5.95. The second kappa shape index (κ2) is 9.52. The molecule has 1 aromatic heterocycles. The van der Waals surface area contributed by atoms with Gasteiger partial charge in [0.25, 0.3) is 0 Å². The standard InChI is InChI=1S/C26H22FNO6S/c1-32-21-5-2-14(9-19(21)26(30)31)8-15-12-34-22-6-4-17(11-18(22)25(15)29)33-13-24-28-20-10-16(27)3-7-23(20)35-24/h2-7,9-11,15,25,29H,8,12-13H2,1H3,(H,30,31)/t15-,25-/m0/s1. The summed E-state index contributed by atoms with van der Waals surface area (Å²) < 4.78 is 31.2. The van der Waals surface area contributed by atoms with Crippen molar-refractivity contribution < 1.29 is 33.6 Å². The molecule has 2 N–H and O–H groups in total. The monoisotopic (exact) mass is 495 g/mol. The molecule has 0 saturated carbocycles. The normalized spacial score (nSPS) is 17.0. The van der Waals surface area contributed by atoms with Crippen LogP contribution in [0.2, 0.25) is 0 Å². The highest BCUT2D eigenvalue weighted by atomic mass is 32.1. The van der Waals surface area contributed by atoms with Crippen LogP contribution < -0.4 is 14.2 Å². The van der Waals surface area contributed by atoms with Crippen LogP contribution in [0, 0.1) is 11.7 Å². The molecule has 0 radical (unpaired) electrons. The zero-order valence-electron chi connectivity index (χ0n) is 18.7. The van der Waals surface area contributed by atoms with Gasteiger partial charge in [0.1, 0.15) is 40.2 Å². The fourth-order valence-corrected chi connectivity index (χ4v) is 5.06. The van der Waals surface area contributed by atoms with E-state index in [0.29, 0.717) is 40.6 Å². The van der Waals surface area contributed by atoms with E-state index in [9.17, 15) is 19.4 Å². The quantitative estimate of drug-likeness (QED) is 0.372. The van der Waals surface area contributed by atoms with Crippen molar-refractivity contribution in [2.24, 2.45) is 5.92 Å². The Kier molecular flexibility index (Phi) is 6.27. The summed E-state index contributed by atoms with van der Waals surface area (Å²) in [6.45, 7) is 0.509. The van der Waals surface area contributed by atoms with Crippen molar-refractivity contribution in [2.45, 2.75) is 19.1 Å². The zero-order chi connectivity index (χ0) is 24.5. The first-order chi connectivity index (χ1) is 16.9. The summed E-state index contributed by atoms with van der Waals surface area (Å²) in [4.78, 5) is 15.9. The van der Waals surface area contributed by atoms with Gasteiger partial charge >= 0.3 is 5.97 Å². The lowest BCUT2D eigenvalue weighted by molar-refractivity contribution is 0.0504. The van der Waals surface area contributed by atoms with Gasteiger partial charge in [-0.15, -0.1) is 11.3 Å². The SMILES string of the molecule is COc1ccc(C[C@H]2COc3ccc(OCc4nc5cc(F)ccc5s4)cc3[C@H]2O)cc1C(=O)O. The highest BCUT2D eigenvalue weighted by Crippen LogP contribution is 2.39. The summed E-state index contributed by atoms with van der Waals surface area (Å²) in [5, 5.41) is 21.2. The number of aliphatic hydroxyl groups excluding tert-OH is 1. The fourth-order valence-electron chi connectivity index (χ4n) is 4.20. The molecule has 0 unspecified atom stereocenters. The van der Waals surface area contributed by atoms with Gasteiger partial charge in [-0.1, -0.05) is 6.07 Å². The number of ether oxygens (including phenoxy) is 3. The minimum absolute atomic E-state index is 0.0740. The van der Waals surface area contributed by atoms with E-state index in [1.807, 2.05) is 0 Å². The van der Waals surface area contributed by atoms with Gasteiger partial charge in [-0.05, 0) is 54.4 Å². The number of carboxylic acids is 1. The molecular formula is C26H22FNO6S. The smallest absolute Gasteiger partial charge is 0.339 e. The van der Waals surface area contributed by atoms with E-state index in [2.05, 4.69) is 4.98 Å². The second-order valence-corrected chi connectivity index (χ2v) is 9.38. The maximum Gasteiger partial charge on any atom is 0.339 e. The average Bonchev–Trinajstić information content (AvgIpc) is 3.26. The van der Waals surface area contributed by atoms with Crippen LogP contribution >= 0.6 is 11.3 Å². The minimum Gasteiger partial charge on any atom is -0.496 e. The number of aromatic nitrogens is 1. The van der Waals surface area contributed by atoms with Gasteiger partial charge in [-0.25, -0.2) is 14.2 Å². The molecule has 1 aliphatic rings. The summed E-state index contributed by atoms with van der Waals surface area (Å²) >= 11 is 1.43. The van der Waals surface area contributed by atoms with Crippen molar-refractivity contribution in [3.05, 3.63) is 82.1 Å². The molecule has 3 aromatic carbocycles. The molecule has 0 saturated heterocycles. The van der Waals surface area contributed by atoms with Gasteiger partial charge in [-0.2, -0.15) is 0 Å². The Hall–Kier alpha value is -3.69. The highest BCUT2D eigenvalue weighted by molar-refractivity contribution is 7.18. The lowest BCUT2D eigenvalue weighted by atomic mass is 9.87. The zero-order valence-corrected chi connectivity index (χ0v) is 19.5. The van der Waals surface area contributed by atoms with Crippen molar-refractivity contribution in [1.29, 1.82) is 0 Å². The summed E-state index contributed by atoms with van der Waals surface area (Å²) in [6, 6.07) is 14.7. The number of hydrogen-bond acceptors (Lipinski definition) is 7. The van der Waals surface area contributed by atoms with Crippen molar-refractivity contribution in [1.82, 2.24) is 4.98 Å². The molecule has 4 aromatic rings. The molecule has 2 heterocycles. The molecule has 2 atom stereocenters. The number of methoxy groups -OCH3 is 1.